The molecule has 1 aromatic rings. The van der Waals surface area contributed by atoms with Crippen molar-refractivity contribution in [3.05, 3.63) is 35.6 Å². The Morgan fingerprint density at radius 3 is 3.12 bits per heavy atom. The second kappa shape index (κ2) is 6.12. The fraction of sp³-hybridized carbons (Fsp3) is 0.571. The SMILES string of the molecule is C[C@H](NCCC1CCCO1)c1cccc(F)c1. The minimum atomic E-state index is -0.171. The second-order valence-corrected chi connectivity index (χ2v) is 4.65. The van der Waals surface area contributed by atoms with Gasteiger partial charge in [-0.25, -0.2) is 4.39 Å². The van der Waals surface area contributed by atoms with Crippen LogP contribution < -0.4 is 5.32 Å². The Balaban J connectivity index is 1.74. The number of nitrogens with one attached hydrogen (secondary N) is 1. The molecule has 1 heterocycles. The molecule has 2 rings (SSSR count). The first-order chi connectivity index (χ1) is 8.25. The molecule has 3 heteroatoms. The molecule has 1 fully saturated rings. The number of ether oxygens (including phenoxy) is 1. The molecule has 0 radical (unpaired) electrons. The molecule has 0 bridgehead atoms. The van der Waals surface area contributed by atoms with Crippen molar-refractivity contribution >= 4 is 0 Å². The maximum atomic E-state index is 13.0. The molecule has 0 saturated carbocycles. The lowest BCUT2D eigenvalue weighted by molar-refractivity contribution is 0.103. The van der Waals surface area contributed by atoms with Crippen LogP contribution in [0.15, 0.2) is 24.3 Å². The van der Waals surface area contributed by atoms with Crippen molar-refractivity contribution in [3.63, 3.8) is 0 Å². The summed E-state index contributed by atoms with van der Waals surface area (Å²) in [6.07, 6.45) is 3.82. The first-order valence-corrected chi connectivity index (χ1v) is 6.36. The lowest BCUT2D eigenvalue weighted by Crippen LogP contribution is -2.23. The molecule has 1 saturated heterocycles. The summed E-state index contributed by atoms with van der Waals surface area (Å²) in [5.41, 5.74) is 0.998. The van der Waals surface area contributed by atoms with Crippen LogP contribution in [0.5, 0.6) is 0 Å². The van der Waals surface area contributed by atoms with E-state index in [1.54, 1.807) is 12.1 Å². The smallest absolute Gasteiger partial charge is 0.123 e. The Morgan fingerprint density at radius 2 is 2.41 bits per heavy atom. The largest absolute Gasteiger partial charge is 0.378 e. The Kier molecular flexibility index (Phi) is 4.51. The summed E-state index contributed by atoms with van der Waals surface area (Å²) in [5, 5.41) is 3.41. The molecule has 2 atom stereocenters. The molecule has 0 aromatic heterocycles. The van der Waals surface area contributed by atoms with Crippen LogP contribution in [0, 0.1) is 5.82 Å². The van der Waals surface area contributed by atoms with Crippen LogP contribution in [-0.2, 0) is 4.74 Å². The third-order valence-electron chi connectivity index (χ3n) is 3.29. The molecule has 0 spiro atoms. The lowest BCUT2D eigenvalue weighted by atomic mass is 10.1. The van der Waals surface area contributed by atoms with Gasteiger partial charge in [-0.2, -0.15) is 0 Å². The molecular weight excluding hydrogens is 217 g/mol. The summed E-state index contributed by atoms with van der Waals surface area (Å²) >= 11 is 0. The van der Waals surface area contributed by atoms with Crippen molar-refractivity contribution in [2.45, 2.75) is 38.3 Å². The Bertz CT molecular complexity index is 350. The van der Waals surface area contributed by atoms with Gasteiger partial charge in [-0.15, -0.1) is 0 Å². The zero-order valence-electron chi connectivity index (χ0n) is 10.3. The Hall–Kier alpha value is -0.930. The zero-order chi connectivity index (χ0) is 12.1. The van der Waals surface area contributed by atoms with Crippen LogP contribution in [0.2, 0.25) is 0 Å². The number of halogens is 1. The Morgan fingerprint density at radius 1 is 1.53 bits per heavy atom. The van der Waals surface area contributed by atoms with E-state index in [2.05, 4.69) is 12.2 Å². The maximum absolute atomic E-state index is 13.0. The average molecular weight is 237 g/mol. The van der Waals surface area contributed by atoms with Gasteiger partial charge in [-0.05, 0) is 50.4 Å². The summed E-state index contributed by atoms with van der Waals surface area (Å²) in [6, 6.07) is 6.95. The highest BCUT2D eigenvalue weighted by molar-refractivity contribution is 5.19. The van der Waals surface area contributed by atoms with Crippen LogP contribution in [0.4, 0.5) is 4.39 Å². The van der Waals surface area contributed by atoms with Crippen LogP contribution in [0.3, 0.4) is 0 Å². The molecule has 2 nitrogen and oxygen atoms in total. The summed E-state index contributed by atoms with van der Waals surface area (Å²) < 4.78 is 18.6. The van der Waals surface area contributed by atoms with Gasteiger partial charge < -0.3 is 10.1 Å². The van der Waals surface area contributed by atoms with Crippen LogP contribution >= 0.6 is 0 Å². The highest BCUT2D eigenvalue weighted by atomic mass is 19.1. The van der Waals surface area contributed by atoms with E-state index < -0.39 is 0 Å². The molecule has 0 amide bonds. The molecule has 0 aliphatic carbocycles. The molecular formula is C14H20FNO. The average Bonchev–Trinajstić information content (AvgIpc) is 2.82. The molecule has 1 aromatic carbocycles. The third kappa shape index (κ3) is 3.79. The summed E-state index contributed by atoms with van der Waals surface area (Å²) in [7, 11) is 0. The lowest BCUT2D eigenvalue weighted by Gasteiger charge is -2.16. The van der Waals surface area contributed by atoms with Gasteiger partial charge in [-0.3, -0.25) is 0 Å². The number of benzene rings is 1. The number of hydrogen-bond acceptors (Lipinski definition) is 2. The highest BCUT2D eigenvalue weighted by Crippen LogP contribution is 2.16. The fourth-order valence-corrected chi connectivity index (χ4v) is 2.23. The fourth-order valence-electron chi connectivity index (χ4n) is 2.23. The van der Waals surface area contributed by atoms with Crippen LogP contribution in [0.1, 0.15) is 37.8 Å². The van der Waals surface area contributed by atoms with Gasteiger partial charge in [0.1, 0.15) is 5.82 Å². The predicted molar refractivity (Wildman–Crippen MR) is 66.4 cm³/mol. The standard InChI is InChI=1S/C14H20FNO/c1-11(12-4-2-5-13(15)10-12)16-8-7-14-6-3-9-17-14/h2,4-5,10-11,14,16H,3,6-9H2,1H3/t11-,14?/m0/s1. The normalized spacial score (nSPS) is 21.6. The van der Waals surface area contributed by atoms with Crippen molar-refractivity contribution in [1.82, 2.24) is 5.32 Å². The molecule has 1 aliphatic rings. The topological polar surface area (TPSA) is 21.3 Å². The second-order valence-electron chi connectivity index (χ2n) is 4.65. The predicted octanol–water partition coefficient (Wildman–Crippen LogP) is 3.05. The Labute approximate surface area is 102 Å². The van der Waals surface area contributed by atoms with E-state index in [1.807, 2.05) is 6.07 Å². The summed E-state index contributed by atoms with van der Waals surface area (Å²) in [4.78, 5) is 0. The minimum absolute atomic E-state index is 0.171. The first-order valence-electron chi connectivity index (χ1n) is 6.36. The van der Waals surface area contributed by atoms with Gasteiger partial charge in [0.25, 0.3) is 0 Å². The van der Waals surface area contributed by atoms with E-state index in [4.69, 9.17) is 4.74 Å². The van der Waals surface area contributed by atoms with Crippen molar-refractivity contribution < 1.29 is 9.13 Å². The van der Waals surface area contributed by atoms with Gasteiger partial charge in [0.05, 0.1) is 6.10 Å². The van der Waals surface area contributed by atoms with E-state index in [1.165, 1.54) is 18.9 Å². The van der Waals surface area contributed by atoms with Crippen LogP contribution in [0.25, 0.3) is 0 Å². The molecule has 94 valence electrons. The van der Waals surface area contributed by atoms with E-state index in [0.717, 1.165) is 25.1 Å². The molecule has 1 unspecified atom stereocenters. The van der Waals surface area contributed by atoms with Gasteiger partial charge in [0.15, 0.2) is 0 Å². The zero-order valence-corrected chi connectivity index (χ0v) is 10.3. The summed E-state index contributed by atoms with van der Waals surface area (Å²) in [5.74, 6) is -0.171. The summed E-state index contributed by atoms with van der Waals surface area (Å²) in [6.45, 7) is 3.89. The van der Waals surface area contributed by atoms with Crippen molar-refractivity contribution in [2.24, 2.45) is 0 Å². The van der Waals surface area contributed by atoms with E-state index in [0.29, 0.717) is 6.10 Å². The van der Waals surface area contributed by atoms with E-state index >= 15 is 0 Å². The van der Waals surface area contributed by atoms with Gasteiger partial charge in [0.2, 0.25) is 0 Å². The first kappa shape index (κ1) is 12.5. The highest BCUT2D eigenvalue weighted by Gasteiger charge is 2.15. The van der Waals surface area contributed by atoms with Gasteiger partial charge in [0, 0.05) is 12.6 Å². The molecule has 1 aliphatic heterocycles. The number of rotatable bonds is 5. The molecule has 17 heavy (non-hydrogen) atoms. The maximum Gasteiger partial charge on any atom is 0.123 e. The van der Waals surface area contributed by atoms with E-state index in [-0.39, 0.29) is 11.9 Å². The van der Waals surface area contributed by atoms with Gasteiger partial charge in [-0.1, -0.05) is 12.1 Å². The monoisotopic (exact) mass is 237 g/mol. The minimum Gasteiger partial charge on any atom is -0.378 e. The van der Waals surface area contributed by atoms with Crippen molar-refractivity contribution in [3.8, 4) is 0 Å². The molecule has 1 N–H and O–H groups in total. The van der Waals surface area contributed by atoms with Crippen molar-refractivity contribution in [2.75, 3.05) is 13.2 Å². The van der Waals surface area contributed by atoms with Gasteiger partial charge >= 0.3 is 0 Å². The quantitative estimate of drug-likeness (QED) is 0.850. The van der Waals surface area contributed by atoms with E-state index in [9.17, 15) is 4.39 Å². The van der Waals surface area contributed by atoms with Crippen LogP contribution in [-0.4, -0.2) is 19.3 Å². The van der Waals surface area contributed by atoms with Crippen molar-refractivity contribution in [1.29, 1.82) is 0 Å². The third-order valence-corrected chi connectivity index (χ3v) is 3.29. The number of hydrogen-bond donors (Lipinski definition) is 1.